The number of non-ortho nitro benzene ring substituents is 1. The van der Waals surface area contributed by atoms with Gasteiger partial charge in [0.25, 0.3) is 5.69 Å². The summed E-state index contributed by atoms with van der Waals surface area (Å²) in [4.78, 5) is 22.1. The monoisotopic (exact) mass is 263 g/mol. The first-order chi connectivity index (χ1) is 9.16. The number of ether oxygens (including phenoxy) is 1. The van der Waals surface area contributed by atoms with E-state index in [-0.39, 0.29) is 24.0 Å². The SMILES string of the molecule is O=C(COc1cccc([N+](=O)[O-])c1)C1CCCCC1. The number of carbonyl (C=O) groups excluding carboxylic acids is 1. The fourth-order valence-electron chi connectivity index (χ4n) is 2.38. The van der Waals surface area contributed by atoms with Crippen LogP contribution in [0.15, 0.2) is 24.3 Å². The summed E-state index contributed by atoms with van der Waals surface area (Å²) in [6.07, 6.45) is 5.30. The molecule has 1 aliphatic carbocycles. The van der Waals surface area contributed by atoms with Gasteiger partial charge in [-0.05, 0) is 18.9 Å². The van der Waals surface area contributed by atoms with E-state index in [0.29, 0.717) is 5.75 Å². The van der Waals surface area contributed by atoms with E-state index < -0.39 is 4.92 Å². The Hall–Kier alpha value is -1.91. The number of ketones is 1. The van der Waals surface area contributed by atoms with E-state index in [0.717, 1.165) is 25.7 Å². The molecule has 0 N–H and O–H groups in total. The highest BCUT2D eigenvalue weighted by Crippen LogP contribution is 2.25. The van der Waals surface area contributed by atoms with Gasteiger partial charge in [0.1, 0.15) is 12.4 Å². The summed E-state index contributed by atoms with van der Waals surface area (Å²) < 4.78 is 5.36. The van der Waals surface area contributed by atoms with Gasteiger partial charge in [-0.25, -0.2) is 0 Å². The summed E-state index contributed by atoms with van der Waals surface area (Å²) in [6.45, 7) is 0.00579. The topological polar surface area (TPSA) is 69.4 Å². The Bertz CT molecular complexity index is 466. The molecule has 0 saturated heterocycles. The zero-order chi connectivity index (χ0) is 13.7. The fourth-order valence-corrected chi connectivity index (χ4v) is 2.38. The molecular formula is C14H17NO4. The average Bonchev–Trinajstić information content (AvgIpc) is 2.46. The zero-order valence-corrected chi connectivity index (χ0v) is 10.7. The van der Waals surface area contributed by atoms with Gasteiger partial charge in [0, 0.05) is 12.0 Å². The highest BCUT2D eigenvalue weighted by atomic mass is 16.6. The standard InChI is InChI=1S/C14H17NO4/c16-14(11-5-2-1-3-6-11)10-19-13-8-4-7-12(9-13)15(17)18/h4,7-9,11H,1-3,5-6,10H2. The van der Waals surface area contributed by atoms with Crippen LogP contribution in [0.2, 0.25) is 0 Å². The molecule has 1 fully saturated rings. The van der Waals surface area contributed by atoms with E-state index in [1.165, 1.54) is 18.6 Å². The molecule has 5 nitrogen and oxygen atoms in total. The molecule has 0 aliphatic heterocycles. The molecule has 102 valence electrons. The van der Waals surface area contributed by atoms with Gasteiger partial charge in [0.2, 0.25) is 0 Å². The van der Waals surface area contributed by atoms with Crippen LogP contribution in [0.3, 0.4) is 0 Å². The first-order valence-electron chi connectivity index (χ1n) is 6.57. The third kappa shape index (κ3) is 3.77. The van der Waals surface area contributed by atoms with E-state index in [2.05, 4.69) is 0 Å². The highest BCUT2D eigenvalue weighted by Gasteiger charge is 2.21. The van der Waals surface area contributed by atoms with E-state index in [4.69, 9.17) is 4.74 Å². The molecule has 1 aromatic carbocycles. The number of hydrogen-bond acceptors (Lipinski definition) is 4. The molecule has 19 heavy (non-hydrogen) atoms. The van der Waals surface area contributed by atoms with Crippen LogP contribution in [0.4, 0.5) is 5.69 Å². The van der Waals surface area contributed by atoms with E-state index >= 15 is 0 Å². The molecule has 0 bridgehead atoms. The molecule has 0 heterocycles. The number of nitro benzene ring substituents is 1. The fraction of sp³-hybridized carbons (Fsp3) is 0.500. The molecule has 0 atom stereocenters. The number of hydrogen-bond donors (Lipinski definition) is 0. The lowest BCUT2D eigenvalue weighted by Crippen LogP contribution is -2.23. The molecule has 0 radical (unpaired) electrons. The maximum atomic E-state index is 11.9. The highest BCUT2D eigenvalue weighted by molar-refractivity contribution is 5.82. The Morgan fingerprint density at radius 2 is 2.05 bits per heavy atom. The maximum absolute atomic E-state index is 11.9. The van der Waals surface area contributed by atoms with Gasteiger partial charge in [0.05, 0.1) is 11.0 Å². The van der Waals surface area contributed by atoms with Crippen molar-refractivity contribution in [1.82, 2.24) is 0 Å². The Labute approximate surface area is 111 Å². The average molecular weight is 263 g/mol. The second kappa shape index (κ2) is 6.31. The van der Waals surface area contributed by atoms with Crippen LogP contribution < -0.4 is 4.74 Å². The van der Waals surface area contributed by atoms with Crippen LogP contribution in [0.1, 0.15) is 32.1 Å². The summed E-state index contributed by atoms with van der Waals surface area (Å²) >= 11 is 0. The van der Waals surface area contributed by atoms with Crippen molar-refractivity contribution in [2.75, 3.05) is 6.61 Å². The number of nitro groups is 1. The van der Waals surface area contributed by atoms with Crippen molar-refractivity contribution in [3.8, 4) is 5.75 Å². The van der Waals surface area contributed by atoms with Crippen molar-refractivity contribution in [1.29, 1.82) is 0 Å². The first kappa shape index (κ1) is 13.5. The molecule has 1 aromatic rings. The predicted octanol–water partition coefficient (Wildman–Crippen LogP) is 3.12. The molecule has 0 unspecified atom stereocenters. The molecule has 0 amide bonds. The van der Waals surface area contributed by atoms with Crippen LogP contribution in [-0.2, 0) is 4.79 Å². The zero-order valence-electron chi connectivity index (χ0n) is 10.7. The van der Waals surface area contributed by atoms with Crippen LogP contribution in [0.25, 0.3) is 0 Å². The van der Waals surface area contributed by atoms with Crippen LogP contribution in [-0.4, -0.2) is 17.3 Å². The lowest BCUT2D eigenvalue weighted by Gasteiger charge is -2.20. The first-order valence-corrected chi connectivity index (χ1v) is 6.57. The van der Waals surface area contributed by atoms with E-state index in [9.17, 15) is 14.9 Å². The molecule has 5 heteroatoms. The summed E-state index contributed by atoms with van der Waals surface area (Å²) in [6, 6.07) is 5.92. The second-order valence-electron chi connectivity index (χ2n) is 4.84. The summed E-state index contributed by atoms with van der Waals surface area (Å²) in [5, 5.41) is 10.6. The molecule has 1 saturated carbocycles. The van der Waals surface area contributed by atoms with Gasteiger partial charge in [-0.1, -0.05) is 25.3 Å². The van der Waals surface area contributed by atoms with Crippen molar-refractivity contribution >= 4 is 11.5 Å². The van der Waals surface area contributed by atoms with Gasteiger partial charge in [0.15, 0.2) is 5.78 Å². The number of nitrogens with zero attached hydrogens (tertiary/aromatic N) is 1. The van der Waals surface area contributed by atoms with Gasteiger partial charge < -0.3 is 4.74 Å². The second-order valence-corrected chi connectivity index (χ2v) is 4.84. The van der Waals surface area contributed by atoms with E-state index in [1.807, 2.05) is 0 Å². The molecule has 1 aliphatic rings. The van der Waals surface area contributed by atoms with Gasteiger partial charge in [-0.15, -0.1) is 0 Å². The van der Waals surface area contributed by atoms with Crippen molar-refractivity contribution in [3.63, 3.8) is 0 Å². The quantitative estimate of drug-likeness (QED) is 0.604. The van der Waals surface area contributed by atoms with Gasteiger partial charge in [-0.3, -0.25) is 14.9 Å². The minimum Gasteiger partial charge on any atom is -0.486 e. The van der Waals surface area contributed by atoms with Crippen molar-refractivity contribution in [3.05, 3.63) is 34.4 Å². The smallest absolute Gasteiger partial charge is 0.273 e. The summed E-state index contributed by atoms with van der Waals surface area (Å²) in [5.74, 6) is 0.581. The number of Topliss-reactive ketones (excluding diaryl/α,β-unsaturated/α-hetero) is 1. The van der Waals surface area contributed by atoms with Crippen LogP contribution >= 0.6 is 0 Å². The van der Waals surface area contributed by atoms with Gasteiger partial charge in [-0.2, -0.15) is 0 Å². The van der Waals surface area contributed by atoms with Crippen LogP contribution in [0, 0.1) is 16.0 Å². The van der Waals surface area contributed by atoms with E-state index in [1.54, 1.807) is 12.1 Å². The van der Waals surface area contributed by atoms with Crippen molar-refractivity contribution in [2.24, 2.45) is 5.92 Å². The molecule has 2 rings (SSSR count). The third-order valence-corrected chi connectivity index (χ3v) is 3.47. The Morgan fingerprint density at radius 1 is 1.32 bits per heavy atom. The molecular weight excluding hydrogens is 246 g/mol. The Morgan fingerprint density at radius 3 is 2.74 bits per heavy atom. The largest absolute Gasteiger partial charge is 0.486 e. The normalized spacial score (nSPS) is 16.0. The summed E-state index contributed by atoms with van der Waals surface area (Å²) in [7, 11) is 0. The minimum atomic E-state index is -0.476. The number of benzene rings is 1. The Kier molecular flexibility index (Phi) is 4.49. The Balaban J connectivity index is 1.89. The van der Waals surface area contributed by atoms with Gasteiger partial charge >= 0.3 is 0 Å². The van der Waals surface area contributed by atoms with Crippen LogP contribution in [0.5, 0.6) is 5.75 Å². The maximum Gasteiger partial charge on any atom is 0.273 e. The minimum absolute atomic E-state index is 0.00579. The summed E-state index contributed by atoms with van der Waals surface area (Å²) in [5.41, 5.74) is -0.0254. The molecule has 0 spiro atoms. The predicted molar refractivity (Wildman–Crippen MR) is 70.2 cm³/mol. The number of carbonyl (C=O) groups is 1. The molecule has 0 aromatic heterocycles. The lowest BCUT2D eigenvalue weighted by atomic mass is 9.86. The van der Waals surface area contributed by atoms with Crippen molar-refractivity contribution < 1.29 is 14.5 Å². The lowest BCUT2D eigenvalue weighted by molar-refractivity contribution is -0.384. The third-order valence-electron chi connectivity index (χ3n) is 3.47. The number of rotatable bonds is 5. The van der Waals surface area contributed by atoms with Crippen molar-refractivity contribution in [2.45, 2.75) is 32.1 Å².